The van der Waals surface area contributed by atoms with Crippen LogP contribution in [0, 0.1) is 0 Å². The van der Waals surface area contributed by atoms with E-state index in [4.69, 9.17) is 0 Å². The quantitative estimate of drug-likeness (QED) is 0.765. The van der Waals surface area contributed by atoms with E-state index >= 15 is 0 Å². The van der Waals surface area contributed by atoms with Gasteiger partial charge in [-0.3, -0.25) is 4.90 Å². The van der Waals surface area contributed by atoms with Gasteiger partial charge in [0.2, 0.25) is 0 Å². The van der Waals surface area contributed by atoms with Crippen LogP contribution in [0.25, 0.3) is 0 Å². The fourth-order valence-electron chi connectivity index (χ4n) is 1.53. The Labute approximate surface area is 87.2 Å². The minimum absolute atomic E-state index is 1.05. The van der Waals surface area contributed by atoms with Gasteiger partial charge < -0.3 is 0 Å². The van der Waals surface area contributed by atoms with Gasteiger partial charge in [0.1, 0.15) is 0 Å². The van der Waals surface area contributed by atoms with E-state index in [2.05, 4.69) is 57.2 Å². The van der Waals surface area contributed by atoms with E-state index in [0.29, 0.717) is 0 Å². The van der Waals surface area contributed by atoms with Crippen LogP contribution in [0.15, 0.2) is 40.9 Å². The van der Waals surface area contributed by atoms with E-state index in [0.717, 1.165) is 19.6 Å². The highest BCUT2D eigenvalue weighted by Gasteiger charge is 2.11. The van der Waals surface area contributed by atoms with E-state index < -0.39 is 0 Å². The average Bonchev–Trinajstić information content (AvgIpc) is 2.53. The Morgan fingerprint density at radius 1 is 1.23 bits per heavy atom. The Balaban J connectivity index is 1.94. The van der Waals surface area contributed by atoms with E-state index in [1.54, 1.807) is 0 Å². The molecular weight excluding hydrogens is 226 g/mol. The molecule has 0 saturated heterocycles. The fraction of sp³-hybridized carbons (Fsp3) is 0.273. The van der Waals surface area contributed by atoms with Gasteiger partial charge in [0.15, 0.2) is 0 Å². The maximum absolute atomic E-state index is 3.51. The standard InChI is InChI=1S/C11H12BrN/c12-11-6-7-13(9-11)8-10-4-2-1-3-5-10/h1-6H,7-9H2. The highest BCUT2D eigenvalue weighted by Crippen LogP contribution is 2.16. The van der Waals surface area contributed by atoms with Crippen molar-refractivity contribution in [3.8, 4) is 0 Å². The Hall–Kier alpha value is -0.600. The van der Waals surface area contributed by atoms with Gasteiger partial charge in [-0.15, -0.1) is 0 Å². The average molecular weight is 238 g/mol. The van der Waals surface area contributed by atoms with Crippen molar-refractivity contribution in [1.82, 2.24) is 4.90 Å². The number of nitrogens with zero attached hydrogens (tertiary/aromatic N) is 1. The van der Waals surface area contributed by atoms with Crippen LogP contribution < -0.4 is 0 Å². The number of hydrogen-bond donors (Lipinski definition) is 0. The molecule has 68 valence electrons. The van der Waals surface area contributed by atoms with E-state index in [9.17, 15) is 0 Å². The maximum atomic E-state index is 3.51. The molecule has 1 aliphatic heterocycles. The molecule has 0 amide bonds. The monoisotopic (exact) mass is 237 g/mol. The van der Waals surface area contributed by atoms with Gasteiger partial charge in [-0.05, 0) is 5.56 Å². The van der Waals surface area contributed by atoms with Gasteiger partial charge in [0, 0.05) is 24.1 Å². The first-order valence-electron chi connectivity index (χ1n) is 4.45. The SMILES string of the molecule is BrC1=CCN(Cc2ccccc2)C1. The van der Waals surface area contributed by atoms with Gasteiger partial charge in [-0.1, -0.05) is 52.3 Å². The van der Waals surface area contributed by atoms with Crippen LogP contribution >= 0.6 is 15.9 Å². The Morgan fingerprint density at radius 2 is 2.00 bits per heavy atom. The predicted molar refractivity (Wildman–Crippen MR) is 58.7 cm³/mol. The van der Waals surface area contributed by atoms with Crippen molar-refractivity contribution < 1.29 is 0 Å². The first-order chi connectivity index (χ1) is 6.34. The predicted octanol–water partition coefficient (Wildman–Crippen LogP) is 2.78. The number of rotatable bonds is 2. The molecule has 0 atom stereocenters. The van der Waals surface area contributed by atoms with Gasteiger partial charge in [-0.25, -0.2) is 0 Å². The summed E-state index contributed by atoms with van der Waals surface area (Å²) in [6.45, 7) is 3.16. The summed E-state index contributed by atoms with van der Waals surface area (Å²) in [7, 11) is 0. The van der Waals surface area contributed by atoms with Gasteiger partial charge in [0.25, 0.3) is 0 Å². The summed E-state index contributed by atoms with van der Waals surface area (Å²) in [5, 5.41) is 0. The zero-order valence-electron chi connectivity index (χ0n) is 7.41. The smallest absolute Gasteiger partial charge is 0.0303 e. The van der Waals surface area contributed by atoms with Crippen LogP contribution in [0.3, 0.4) is 0 Å². The van der Waals surface area contributed by atoms with Crippen molar-refractivity contribution in [2.75, 3.05) is 13.1 Å². The minimum Gasteiger partial charge on any atom is -0.291 e. The highest BCUT2D eigenvalue weighted by atomic mass is 79.9. The molecule has 2 rings (SSSR count). The Bertz CT molecular complexity index is 305. The number of benzene rings is 1. The van der Waals surface area contributed by atoms with E-state index in [1.165, 1.54) is 10.0 Å². The van der Waals surface area contributed by atoms with Crippen molar-refractivity contribution in [3.05, 3.63) is 46.5 Å². The molecule has 1 heterocycles. The lowest BCUT2D eigenvalue weighted by Gasteiger charge is -2.14. The molecular formula is C11H12BrN. The zero-order valence-corrected chi connectivity index (χ0v) is 9.00. The molecule has 0 aromatic heterocycles. The van der Waals surface area contributed by atoms with Crippen molar-refractivity contribution in [2.24, 2.45) is 0 Å². The van der Waals surface area contributed by atoms with E-state index in [1.807, 2.05) is 0 Å². The lowest BCUT2D eigenvalue weighted by molar-refractivity contribution is 0.344. The Kier molecular flexibility index (Phi) is 2.81. The summed E-state index contributed by atoms with van der Waals surface area (Å²) < 4.78 is 1.31. The molecule has 0 N–H and O–H groups in total. The fourth-order valence-corrected chi connectivity index (χ4v) is 2.03. The molecule has 0 aliphatic carbocycles. The normalized spacial score (nSPS) is 17.5. The second kappa shape index (κ2) is 4.07. The molecule has 0 radical (unpaired) electrons. The van der Waals surface area contributed by atoms with Crippen LogP contribution in [0.1, 0.15) is 5.56 Å². The summed E-state index contributed by atoms with van der Waals surface area (Å²) in [5.74, 6) is 0. The molecule has 0 saturated carbocycles. The van der Waals surface area contributed by atoms with Crippen LogP contribution in [0.5, 0.6) is 0 Å². The zero-order chi connectivity index (χ0) is 9.10. The first kappa shape index (κ1) is 8.97. The number of hydrogen-bond acceptors (Lipinski definition) is 1. The second-order valence-corrected chi connectivity index (χ2v) is 4.32. The van der Waals surface area contributed by atoms with Crippen LogP contribution in [0.2, 0.25) is 0 Å². The number of halogens is 1. The lowest BCUT2D eigenvalue weighted by Crippen LogP contribution is -2.19. The van der Waals surface area contributed by atoms with Crippen LogP contribution in [0.4, 0.5) is 0 Å². The molecule has 0 bridgehead atoms. The van der Waals surface area contributed by atoms with Gasteiger partial charge >= 0.3 is 0 Å². The second-order valence-electron chi connectivity index (χ2n) is 3.31. The molecule has 0 unspecified atom stereocenters. The third-order valence-corrected chi connectivity index (χ3v) is 2.77. The summed E-state index contributed by atoms with van der Waals surface area (Å²) in [6, 6.07) is 10.6. The third-order valence-electron chi connectivity index (χ3n) is 2.19. The van der Waals surface area contributed by atoms with Crippen molar-refractivity contribution in [3.63, 3.8) is 0 Å². The molecule has 1 aromatic rings. The Morgan fingerprint density at radius 3 is 2.62 bits per heavy atom. The molecule has 2 heteroatoms. The van der Waals surface area contributed by atoms with Gasteiger partial charge in [0.05, 0.1) is 0 Å². The molecule has 13 heavy (non-hydrogen) atoms. The maximum Gasteiger partial charge on any atom is 0.0303 e. The molecule has 1 aliphatic rings. The topological polar surface area (TPSA) is 3.24 Å². The molecule has 0 fully saturated rings. The minimum atomic E-state index is 1.05. The lowest BCUT2D eigenvalue weighted by atomic mass is 10.2. The van der Waals surface area contributed by atoms with Crippen LogP contribution in [-0.4, -0.2) is 18.0 Å². The first-order valence-corrected chi connectivity index (χ1v) is 5.25. The van der Waals surface area contributed by atoms with Gasteiger partial charge in [-0.2, -0.15) is 0 Å². The van der Waals surface area contributed by atoms with Crippen molar-refractivity contribution in [1.29, 1.82) is 0 Å². The molecule has 0 spiro atoms. The highest BCUT2D eigenvalue weighted by molar-refractivity contribution is 9.11. The van der Waals surface area contributed by atoms with E-state index in [-0.39, 0.29) is 0 Å². The summed E-state index contributed by atoms with van der Waals surface area (Å²) >= 11 is 3.51. The molecule has 1 nitrogen and oxygen atoms in total. The van der Waals surface area contributed by atoms with Crippen molar-refractivity contribution >= 4 is 15.9 Å². The van der Waals surface area contributed by atoms with Crippen molar-refractivity contribution in [2.45, 2.75) is 6.54 Å². The summed E-state index contributed by atoms with van der Waals surface area (Å²) in [4.78, 5) is 2.40. The largest absolute Gasteiger partial charge is 0.291 e. The summed E-state index contributed by atoms with van der Waals surface area (Å²) in [5.41, 5.74) is 1.39. The third kappa shape index (κ3) is 2.42. The van der Waals surface area contributed by atoms with Crippen LogP contribution in [-0.2, 0) is 6.54 Å². The summed E-state index contributed by atoms with van der Waals surface area (Å²) in [6.07, 6.45) is 2.23. The molecule has 1 aromatic carbocycles.